The summed E-state index contributed by atoms with van der Waals surface area (Å²) in [5, 5.41) is 9.87. The van der Waals surface area contributed by atoms with Crippen molar-refractivity contribution < 1.29 is 9.84 Å². The van der Waals surface area contributed by atoms with E-state index in [1.807, 2.05) is 32.9 Å². The lowest BCUT2D eigenvalue weighted by Crippen LogP contribution is -2.29. The molecule has 1 atom stereocenters. The van der Waals surface area contributed by atoms with Crippen LogP contribution in [0.15, 0.2) is 23.3 Å². The molecule has 2 nitrogen and oxygen atoms in total. The van der Waals surface area contributed by atoms with Crippen LogP contribution in [0.3, 0.4) is 0 Å². The molecule has 1 rings (SSSR count). The van der Waals surface area contributed by atoms with E-state index in [1.165, 1.54) is 5.57 Å². The molecule has 2 heteroatoms. The summed E-state index contributed by atoms with van der Waals surface area (Å²) in [6.07, 6.45) is 4.46. The Hall–Kier alpha value is -0.600. The lowest BCUT2D eigenvalue weighted by atomic mass is 10.0. The molecule has 68 valence electrons. The molecule has 0 aliphatic carbocycles. The van der Waals surface area contributed by atoms with Crippen molar-refractivity contribution >= 4 is 0 Å². The number of aliphatic hydroxyl groups is 1. The zero-order valence-electron chi connectivity index (χ0n) is 7.92. The number of ether oxygens (including phenoxy) is 1. The highest BCUT2D eigenvalue weighted by molar-refractivity contribution is 5.17. The number of hydrogen-bond acceptors (Lipinski definition) is 2. The van der Waals surface area contributed by atoms with Crippen LogP contribution in [-0.4, -0.2) is 17.5 Å². The fraction of sp³-hybridized carbons (Fsp3) is 0.600. The van der Waals surface area contributed by atoms with Crippen LogP contribution in [0.1, 0.15) is 27.2 Å². The second-order valence-corrected chi connectivity index (χ2v) is 3.47. The first-order valence-electron chi connectivity index (χ1n) is 4.21. The van der Waals surface area contributed by atoms with Crippen LogP contribution in [-0.2, 0) is 4.74 Å². The zero-order chi connectivity index (χ0) is 9.19. The van der Waals surface area contributed by atoms with Crippen LogP contribution in [0, 0.1) is 0 Å². The van der Waals surface area contributed by atoms with Gasteiger partial charge < -0.3 is 9.84 Å². The van der Waals surface area contributed by atoms with E-state index >= 15 is 0 Å². The van der Waals surface area contributed by atoms with Crippen LogP contribution >= 0.6 is 0 Å². The Balaban J connectivity index is 2.62. The topological polar surface area (TPSA) is 29.5 Å². The van der Waals surface area contributed by atoms with Crippen molar-refractivity contribution in [3.8, 4) is 0 Å². The highest BCUT2D eigenvalue weighted by Crippen LogP contribution is 2.28. The van der Waals surface area contributed by atoms with E-state index in [9.17, 15) is 5.11 Å². The number of hydrogen-bond donors (Lipinski definition) is 1. The highest BCUT2D eigenvalue weighted by atomic mass is 16.6. The van der Waals surface area contributed by atoms with Gasteiger partial charge in [-0.15, -0.1) is 0 Å². The van der Waals surface area contributed by atoms with Gasteiger partial charge in [-0.05, 0) is 26.3 Å². The molecule has 0 radical (unpaired) electrons. The molecule has 1 heterocycles. The maximum Gasteiger partial charge on any atom is 0.191 e. The standard InChI is InChI=1S/C10H16O2/c1-8(2)4-6-10(11)9(3)5-7-12-10/h4-5,11H,6-7H2,1-3H3/t10-/m1/s1. The molecule has 1 aliphatic rings. The van der Waals surface area contributed by atoms with Crippen molar-refractivity contribution in [3.05, 3.63) is 23.3 Å². The largest absolute Gasteiger partial charge is 0.362 e. The van der Waals surface area contributed by atoms with Crippen molar-refractivity contribution in [1.29, 1.82) is 0 Å². The van der Waals surface area contributed by atoms with Crippen molar-refractivity contribution in [3.63, 3.8) is 0 Å². The average Bonchev–Trinajstić information content (AvgIpc) is 2.30. The van der Waals surface area contributed by atoms with Gasteiger partial charge in [-0.3, -0.25) is 0 Å². The first-order valence-corrected chi connectivity index (χ1v) is 4.21. The molecule has 0 saturated heterocycles. The summed E-state index contributed by atoms with van der Waals surface area (Å²) in [5.74, 6) is -1.03. The summed E-state index contributed by atoms with van der Waals surface area (Å²) in [5.41, 5.74) is 2.12. The fourth-order valence-electron chi connectivity index (χ4n) is 1.14. The van der Waals surface area contributed by atoms with E-state index in [4.69, 9.17) is 4.74 Å². The Morgan fingerprint density at radius 2 is 2.42 bits per heavy atom. The lowest BCUT2D eigenvalue weighted by Gasteiger charge is -2.22. The van der Waals surface area contributed by atoms with Crippen LogP contribution in [0.25, 0.3) is 0 Å². The summed E-state index contributed by atoms with van der Waals surface area (Å²) < 4.78 is 5.22. The quantitative estimate of drug-likeness (QED) is 0.639. The van der Waals surface area contributed by atoms with Gasteiger partial charge in [0.1, 0.15) is 0 Å². The van der Waals surface area contributed by atoms with E-state index in [0.29, 0.717) is 13.0 Å². The van der Waals surface area contributed by atoms with E-state index < -0.39 is 5.79 Å². The van der Waals surface area contributed by atoms with Gasteiger partial charge >= 0.3 is 0 Å². The molecule has 1 aliphatic heterocycles. The zero-order valence-corrected chi connectivity index (χ0v) is 7.92. The van der Waals surface area contributed by atoms with Gasteiger partial charge in [0.05, 0.1) is 6.61 Å². The van der Waals surface area contributed by atoms with E-state index in [1.54, 1.807) is 0 Å². The van der Waals surface area contributed by atoms with Crippen molar-refractivity contribution in [1.82, 2.24) is 0 Å². The van der Waals surface area contributed by atoms with Crippen molar-refractivity contribution in [2.45, 2.75) is 33.0 Å². The molecule has 0 unspecified atom stereocenters. The normalized spacial score (nSPS) is 28.5. The SMILES string of the molecule is CC(C)=CC[C@@]1(O)OCC=C1C. The lowest BCUT2D eigenvalue weighted by molar-refractivity contribution is -0.150. The molecule has 12 heavy (non-hydrogen) atoms. The molecular formula is C10H16O2. The van der Waals surface area contributed by atoms with Gasteiger partial charge in [0.2, 0.25) is 0 Å². The summed E-state index contributed by atoms with van der Waals surface area (Å²) in [6.45, 7) is 6.44. The Kier molecular flexibility index (Phi) is 2.70. The van der Waals surface area contributed by atoms with E-state index in [0.717, 1.165) is 5.57 Å². The van der Waals surface area contributed by atoms with Gasteiger partial charge in [0, 0.05) is 6.42 Å². The molecule has 0 amide bonds. The third-order valence-corrected chi connectivity index (χ3v) is 2.11. The maximum absolute atomic E-state index is 9.87. The average molecular weight is 168 g/mol. The molecule has 0 saturated carbocycles. The minimum atomic E-state index is -1.03. The second kappa shape index (κ2) is 3.42. The smallest absolute Gasteiger partial charge is 0.191 e. The summed E-state index contributed by atoms with van der Waals surface area (Å²) in [6, 6.07) is 0. The molecule has 0 fully saturated rings. The van der Waals surface area contributed by atoms with Crippen LogP contribution in [0.4, 0.5) is 0 Å². The van der Waals surface area contributed by atoms with Crippen LogP contribution < -0.4 is 0 Å². The Labute approximate surface area is 73.5 Å². The molecule has 1 N–H and O–H groups in total. The third-order valence-electron chi connectivity index (χ3n) is 2.11. The van der Waals surface area contributed by atoms with Gasteiger partial charge in [0.15, 0.2) is 5.79 Å². The summed E-state index contributed by atoms with van der Waals surface area (Å²) in [4.78, 5) is 0. The molecule has 0 aromatic carbocycles. The van der Waals surface area contributed by atoms with Crippen molar-refractivity contribution in [2.75, 3.05) is 6.61 Å². The molecule has 0 bridgehead atoms. The first kappa shape index (κ1) is 9.49. The monoisotopic (exact) mass is 168 g/mol. The number of rotatable bonds is 2. The maximum atomic E-state index is 9.87. The van der Waals surface area contributed by atoms with E-state index in [-0.39, 0.29) is 0 Å². The van der Waals surface area contributed by atoms with E-state index in [2.05, 4.69) is 0 Å². The summed E-state index contributed by atoms with van der Waals surface area (Å²) >= 11 is 0. The second-order valence-electron chi connectivity index (χ2n) is 3.47. The van der Waals surface area contributed by atoms with Gasteiger partial charge in [0.25, 0.3) is 0 Å². The molecule has 0 aromatic heterocycles. The van der Waals surface area contributed by atoms with Crippen LogP contribution in [0.2, 0.25) is 0 Å². The predicted octanol–water partition coefficient (Wildman–Crippen LogP) is 2.01. The highest BCUT2D eigenvalue weighted by Gasteiger charge is 2.32. The van der Waals surface area contributed by atoms with Gasteiger partial charge in [-0.25, -0.2) is 0 Å². The Morgan fingerprint density at radius 1 is 1.75 bits per heavy atom. The molecule has 0 aromatic rings. The van der Waals surface area contributed by atoms with Gasteiger partial charge in [-0.1, -0.05) is 17.7 Å². The first-order chi connectivity index (χ1) is 5.54. The van der Waals surface area contributed by atoms with Gasteiger partial charge in [-0.2, -0.15) is 0 Å². The van der Waals surface area contributed by atoms with Crippen LogP contribution in [0.5, 0.6) is 0 Å². The Morgan fingerprint density at radius 3 is 2.83 bits per heavy atom. The molecule has 0 spiro atoms. The fourth-order valence-corrected chi connectivity index (χ4v) is 1.14. The number of allylic oxidation sites excluding steroid dienone is 1. The third kappa shape index (κ3) is 1.96. The summed E-state index contributed by atoms with van der Waals surface area (Å²) in [7, 11) is 0. The molecular weight excluding hydrogens is 152 g/mol. The predicted molar refractivity (Wildman–Crippen MR) is 48.7 cm³/mol. The Bertz CT molecular complexity index is 224. The minimum absolute atomic E-state index is 0.527. The minimum Gasteiger partial charge on any atom is -0.362 e. The van der Waals surface area contributed by atoms with Crippen molar-refractivity contribution in [2.24, 2.45) is 0 Å².